The molecule has 0 aliphatic heterocycles. The van der Waals surface area contributed by atoms with Gasteiger partial charge in [-0.05, 0) is 44.7 Å². The Morgan fingerprint density at radius 3 is 2.65 bits per heavy atom. The van der Waals surface area contributed by atoms with Gasteiger partial charge in [-0.25, -0.2) is 27.7 Å². The van der Waals surface area contributed by atoms with Crippen LogP contribution in [-0.2, 0) is 11.3 Å². The molecule has 180 valence electrons. The van der Waals surface area contributed by atoms with Crippen LogP contribution in [0.4, 0.5) is 24.9 Å². The number of nitrogens with one attached hydrogen (secondary N) is 1. The number of alkyl halides is 2. The van der Waals surface area contributed by atoms with Crippen molar-refractivity contribution in [2.75, 3.05) is 18.2 Å². The van der Waals surface area contributed by atoms with E-state index in [-0.39, 0.29) is 40.4 Å². The number of nitrogens with zero attached hydrogens (tertiary/aromatic N) is 6. The maximum atomic E-state index is 15.1. The van der Waals surface area contributed by atoms with Crippen LogP contribution in [0.1, 0.15) is 31.5 Å². The molecule has 0 amide bonds. The van der Waals surface area contributed by atoms with Crippen molar-refractivity contribution in [3.8, 4) is 11.3 Å². The minimum absolute atomic E-state index is 0.0844. The Morgan fingerprint density at radius 2 is 1.94 bits per heavy atom. The molecule has 0 saturated heterocycles. The van der Waals surface area contributed by atoms with E-state index in [0.717, 1.165) is 25.7 Å². The summed E-state index contributed by atoms with van der Waals surface area (Å²) in [4.78, 5) is 13.1. The minimum Gasteiger partial charge on any atom is -0.382 e. The Hall–Kier alpha value is -3.41. The van der Waals surface area contributed by atoms with Crippen LogP contribution in [0.3, 0.4) is 0 Å². The number of nitrogen functional groups attached to an aromatic ring is 1. The van der Waals surface area contributed by atoms with Gasteiger partial charge in [0.05, 0.1) is 30.1 Å². The molecule has 4 heterocycles. The summed E-state index contributed by atoms with van der Waals surface area (Å²) < 4.78 is 49.3. The van der Waals surface area contributed by atoms with Gasteiger partial charge in [-0.2, -0.15) is 4.98 Å². The van der Waals surface area contributed by atoms with Crippen LogP contribution in [0.5, 0.6) is 0 Å². The number of imidazole rings is 1. The van der Waals surface area contributed by atoms with Crippen molar-refractivity contribution >= 4 is 28.4 Å². The third-order valence-electron chi connectivity index (χ3n) is 6.31. The molecule has 1 fully saturated rings. The van der Waals surface area contributed by atoms with E-state index in [9.17, 15) is 8.78 Å². The van der Waals surface area contributed by atoms with Crippen LogP contribution in [-0.4, -0.2) is 54.8 Å². The zero-order valence-corrected chi connectivity index (χ0v) is 18.8. The molecule has 3 N–H and O–H groups in total. The predicted molar refractivity (Wildman–Crippen MR) is 121 cm³/mol. The molecule has 5 rings (SSSR count). The summed E-state index contributed by atoms with van der Waals surface area (Å²) in [6, 6.07) is 3.38. The number of anilines is 2. The van der Waals surface area contributed by atoms with Gasteiger partial charge in [-0.1, -0.05) is 0 Å². The van der Waals surface area contributed by atoms with E-state index in [1.165, 1.54) is 15.3 Å². The van der Waals surface area contributed by atoms with Crippen molar-refractivity contribution in [3.63, 3.8) is 0 Å². The molecule has 34 heavy (non-hydrogen) atoms. The molecule has 12 heteroatoms. The van der Waals surface area contributed by atoms with Gasteiger partial charge >= 0.3 is 0 Å². The molecular formula is C22H25F3N8O. The van der Waals surface area contributed by atoms with Crippen LogP contribution in [0.2, 0.25) is 0 Å². The Balaban J connectivity index is 1.51. The van der Waals surface area contributed by atoms with Crippen LogP contribution in [0.15, 0.2) is 18.3 Å². The number of aryl methyl sites for hydroxylation is 1. The lowest BCUT2D eigenvalue weighted by Gasteiger charge is -2.28. The third kappa shape index (κ3) is 4.02. The first-order valence-electron chi connectivity index (χ1n) is 11.1. The number of rotatable bonds is 6. The van der Waals surface area contributed by atoms with E-state index in [0.29, 0.717) is 17.3 Å². The number of aromatic nitrogens is 6. The zero-order chi connectivity index (χ0) is 24.0. The van der Waals surface area contributed by atoms with Gasteiger partial charge in [0.25, 0.3) is 6.43 Å². The molecule has 4 aromatic rings. The topological polar surface area (TPSA) is 108 Å². The van der Waals surface area contributed by atoms with Crippen LogP contribution < -0.4 is 11.1 Å². The molecule has 1 aliphatic rings. The van der Waals surface area contributed by atoms with Crippen LogP contribution in [0, 0.1) is 12.7 Å². The van der Waals surface area contributed by atoms with Crippen molar-refractivity contribution in [2.24, 2.45) is 0 Å². The normalized spacial score (nSPS) is 18.9. The second-order valence-electron chi connectivity index (χ2n) is 8.52. The molecule has 0 bridgehead atoms. The molecule has 0 atom stereocenters. The van der Waals surface area contributed by atoms with Crippen molar-refractivity contribution in [1.82, 2.24) is 29.1 Å². The number of hydrogen-bond acceptors (Lipinski definition) is 7. The van der Waals surface area contributed by atoms with E-state index in [2.05, 4.69) is 25.4 Å². The molecule has 1 saturated carbocycles. The Bertz CT molecular complexity index is 1340. The van der Waals surface area contributed by atoms with E-state index in [1.54, 1.807) is 26.2 Å². The van der Waals surface area contributed by atoms with Gasteiger partial charge < -0.3 is 20.4 Å². The number of fused-ring (bicyclic) bond motifs is 2. The first-order chi connectivity index (χ1) is 16.3. The first-order valence-corrected chi connectivity index (χ1v) is 11.1. The van der Waals surface area contributed by atoms with E-state index >= 15 is 4.39 Å². The van der Waals surface area contributed by atoms with E-state index in [4.69, 9.17) is 10.5 Å². The number of ether oxygens (including phenoxy) is 1. The van der Waals surface area contributed by atoms with Gasteiger partial charge in [0, 0.05) is 13.2 Å². The van der Waals surface area contributed by atoms with Gasteiger partial charge in [0.1, 0.15) is 16.9 Å². The highest BCUT2D eigenvalue weighted by Gasteiger charge is 2.24. The van der Waals surface area contributed by atoms with E-state index in [1.807, 2.05) is 0 Å². The van der Waals surface area contributed by atoms with E-state index < -0.39 is 18.8 Å². The number of hydrogen-bond donors (Lipinski definition) is 2. The van der Waals surface area contributed by atoms with Crippen molar-refractivity contribution in [2.45, 2.75) is 57.7 Å². The average molecular weight is 474 g/mol. The molecule has 9 nitrogen and oxygen atoms in total. The first kappa shape index (κ1) is 22.4. The summed E-state index contributed by atoms with van der Waals surface area (Å²) in [5, 5.41) is 7.68. The molecule has 0 unspecified atom stereocenters. The second kappa shape index (κ2) is 8.75. The summed E-state index contributed by atoms with van der Waals surface area (Å²) in [6.45, 7) is 1.07. The van der Waals surface area contributed by atoms with Crippen molar-refractivity contribution in [3.05, 3.63) is 30.0 Å². The lowest BCUT2D eigenvalue weighted by Crippen LogP contribution is -2.30. The van der Waals surface area contributed by atoms with Gasteiger partial charge in [0.2, 0.25) is 5.95 Å². The average Bonchev–Trinajstić information content (AvgIpc) is 3.29. The summed E-state index contributed by atoms with van der Waals surface area (Å²) >= 11 is 0. The lowest BCUT2D eigenvalue weighted by atomic mass is 9.93. The quantitative estimate of drug-likeness (QED) is 0.438. The molecule has 0 radical (unpaired) electrons. The maximum Gasteiger partial charge on any atom is 0.256 e. The highest BCUT2D eigenvalue weighted by atomic mass is 19.3. The summed E-state index contributed by atoms with van der Waals surface area (Å²) in [6.07, 6.45) is 2.57. The summed E-state index contributed by atoms with van der Waals surface area (Å²) in [7, 11) is 1.72. The molecule has 1 aliphatic carbocycles. The monoisotopic (exact) mass is 474 g/mol. The maximum absolute atomic E-state index is 15.1. The molecule has 0 spiro atoms. The standard InChI is InChI=1S/C22H25F3N8O/c1-11-27-16-8-7-15(29-21(16)32(11)10-17(24)25)18-14(23)9-33-19(18)20(26)30-22(31-33)28-12-3-5-13(34-2)6-4-12/h7-9,12-13,17H,3-6,10H2,1-2H3,(H3,26,28,30,31). The minimum atomic E-state index is -2.58. The Kier molecular flexibility index (Phi) is 5.76. The van der Waals surface area contributed by atoms with Gasteiger partial charge in [-0.3, -0.25) is 0 Å². The highest BCUT2D eigenvalue weighted by molar-refractivity contribution is 5.89. The molecular weight excluding hydrogens is 449 g/mol. The van der Waals surface area contributed by atoms with Gasteiger partial charge in [0.15, 0.2) is 17.3 Å². The number of halogens is 3. The lowest BCUT2D eigenvalue weighted by molar-refractivity contribution is 0.0681. The predicted octanol–water partition coefficient (Wildman–Crippen LogP) is 3.81. The number of nitrogens with two attached hydrogens (primary N) is 1. The largest absolute Gasteiger partial charge is 0.382 e. The second-order valence-corrected chi connectivity index (χ2v) is 8.52. The van der Waals surface area contributed by atoms with Crippen LogP contribution in [0.25, 0.3) is 27.9 Å². The highest BCUT2D eigenvalue weighted by Crippen LogP contribution is 2.32. The summed E-state index contributed by atoms with van der Waals surface area (Å²) in [5.74, 6) is 0.199. The molecule has 0 aromatic carbocycles. The third-order valence-corrected chi connectivity index (χ3v) is 6.31. The van der Waals surface area contributed by atoms with Crippen LogP contribution >= 0.6 is 0 Å². The zero-order valence-electron chi connectivity index (χ0n) is 18.8. The number of methoxy groups -OCH3 is 1. The fourth-order valence-corrected chi connectivity index (χ4v) is 4.62. The number of pyridine rings is 1. The van der Waals surface area contributed by atoms with Crippen molar-refractivity contribution < 1.29 is 17.9 Å². The fourth-order valence-electron chi connectivity index (χ4n) is 4.62. The smallest absolute Gasteiger partial charge is 0.256 e. The Morgan fingerprint density at radius 1 is 1.18 bits per heavy atom. The SMILES string of the molecule is COC1CCC(Nc2nc(N)c3c(-c4ccc5nc(C)n(CC(F)F)c5n4)c(F)cn3n2)CC1. The van der Waals surface area contributed by atoms with Crippen molar-refractivity contribution in [1.29, 1.82) is 0 Å². The molecule has 4 aromatic heterocycles. The Labute approximate surface area is 193 Å². The summed E-state index contributed by atoms with van der Waals surface area (Å²) in [5.41, 5.74) is 7.52. The fraction of sp³-hybridized carbons (Fsp3) is 0.455. The van der Waals surface area contributed by atoms with Gasteiger partial charge in [-0.15, -0.1) is 5.10 Å².